The summed E-state index contributed by atoms with van der Waals surface area (Å²) < 4.78 is 0. The van der Waals surface area contributed by atoms with Crippen molar-refractivity contribution in [2.75, 3.05) is 6.54 Å². The average Bonchev–Trinajstić information content (AvgIpc) is 1.99. The Morgan fingerprint density at radius 1 is 1.20 bits per heavy atom. The van der Waals surface area contributed by atoms with Crippen molar-refractivity contribution in [3.05, 3.63) is 0 Å². The number of nitrogens with one attached hydrogen (secondary N) is 1. The zero-order valence-corrected chi connectivity index (χ0v) is 6.21. The molecular formula is C8H15NO. The number of aliphatic hydroxyl groups excluding tert-OH is 1. The molecule has 2 nitrogen and oxygen atoms in total. The van der Waals surface area contributed by atoms with Gasteiger partial charge >= 0.3 is 0 Å². The van der Waals surface area contributed by atoms with Crippen molar-refractivity contribution in [2.45, 2.75) is 37.8 Å². The van der Waals surface area contributed by atoms with Crippen molar-refractivity contribution >= 4 is 0 Å². The van der Waals surface area contributed by atoms with E-state index in [2.05, 4.69) is 5.32 Å². The van der Waals surface area contributed by atoms with E-state index in [9.17, 15) is 5.11 Å². The standard InChI is InChI=1S/C8H15NO/c10-8-2-1-6-3-4-9-7(8)5-6/h6-10H,1-5H2/t6-,7-,8+/m0/s1. The highest BCUT2D eigenvalue weighted by Crippen LogP contribution is 2.29. The van der Waals surface area contributed by atoms with Crippen molar-refractivity contribution in [1.29, 1.82) is 0 Å². The highest BCUT2D eigenvalue weighted by molar-refractivity contribution is 4.88. The van der Waals surface area contributed by atoms with Crippen LogP contribution in [-0.4, -0.2) is 23.8 Å². The van der Waals surface area contributed by atoms with Crippen LogP contribution < -0.4 is 5.32 Å². The molecule has 58 valence electrons. The van der Waals surface area contributed by atoms with Crippen LogP contribution in [0.4, 0.5) is 0 Å². The third kappa shape index (κ3) is 1.06. The lowest BCUT2D eigenvalue weighted by molar-refractivity contribution is 0.0508. The van der Waals surface area contributed by atoms with Gasteiger partial charge in [-0.2, -0.15) is 0 Å². The predicted molar refractivity (Wildman–Crippen MR) is 39.8 cm³/mol. The van der Waals surface area contributed by atoms with Gasteiger partial charge in [-0.25, -0.2) is 0 Å². The monoisotopic (exact) mass is 141 g/mol. The molecule has 2 N–H and O–H groups in total. The van der Waals surface area contributed by atoms with E-state index in [-0.39, 0.29) is 6.10 Å². The molecule has 3 atom stereocenters. The van der Waals surface area contributed by atoms with Crippen molar-refractivity contribution in [3.63, 3.8) is 0 Å². The highest BCUT2D eigenvalue weighted by atomic mass is 16.3. The Labute approximate surface area is 61.6 Å². The zero-order valence-electron chi connectivity index (χ0n) is 6.21. The van der Waals surface area contributed by atoms with E-state index >= 15 is 0 Å². The first kappa shape index (κ1) is 6.62. The lowest BCUT2D eigenvalue weighted by Crippen LogP contribution is -2.49. The van der Waals surface area contributed by atoms with E-state index in [0.717, 1.165) is 18.9 Å². The topological polar surface area (TPSA) is 32.3 Å². The molecule has 2 heteroatoms. The van der Waals surface area contributed by atoms with Gasteiger partial charge in [-0.05, 0) is 38.1 Å². The molecule has 2 rings (SSSR count). The van der Waals surface area contributed by atoms with E-state index in [1.165, 1.54) is 19.3 Å². The number of hydrogen-bond acceptors (Lipinski definition) is 2. The van der Waals surface area contributed by atoms with E-state index < -0.39 is 0 Å². The fraction of sp³-hybridized carbons (Fsp3) is 1.00. The molecule has 0 spiro atoms. The Hall–Kier alpha value is -0.0800. The normalized spacial score (nSPS) is 47.1. The smallest absolute Gasteiger partial charge is 0.0693 e. The van der Waals surface area contributed by atoms with Gasteiger partial charge in [-0.15, -0.1) is 0 Å². The third-order valence-corrected chi connectivity index (χ3v) is 2.88. The molecule has 2 aliphatic rings. The Kier molecular flexibility index (Phi) is 1.66. The van der Waals surface area contributed by atoms with Gasteiger partial charge < -0.3 is 10.4 Å². The van der Waals surface area contributed by atoms with Gasteiger partial charge in [0.1, 0.15) is 0 Å². The second kappa shape index (κ2) is 2.51. The Balaban J connectivity index is 2.00. The molecule has 0 unspecified atom stereocenters. The maximum Gasteiger partial charge on any atom is 0.0693 e. The predicted octanol–water partition coefficient (Wildman–Crippen LogP) is 0.509. The van der Waals surface area contributed by atoms with Gasteiger partial charge in [0.05, 0.1) is 6.10 Å². The molecule has 1 saturated carbocycles. The summed E-state index contributed by atoms with van der Waals surface area (Å²) in [4.78, 5) is 0. The second-order valence-corrected chi connectivity index (χ2v) is 3.60. The molecule has 0 aromatic rings. The van der Waals surface area contributed by atoms with Crippen molar-refractivity contribution in [3.8, 4) is 0 Å². The summed E-state index contributed by atoms with van der Waals surface area (Å²) >= 11 is 0. The van der Waals surface area contributed by atoms with Crippen LogP contribution in [0.5, 0.6) is 0 Å². The first-order valence-electron chi connectivity index (χ1n) is 4.28. The number of hydrogen-bond donors (Lipinski definition) is 2. The maximum absolute atomic E-state index is 9.46. The van der Waals surface area contributed by atoms with Crippen LogP contribution in [0.15, 0.2) is 0 Å². The van der Waals surface area contributed by atoms with Crippen LogP contribution in [0.3, 0.4) is 0 Å². The van der Waals surface area contributed by atoms with E-state index in [0.29, 0.717) is 6.04 Å². The molecule has 1 aliphatic carbocycles. The van der Waals surface area contributed by atoms with Gasteiger partial charge in [0, 0.05) is 6.04 Å². The first-order chi connectivity index (χ1) is 4.86. The summed E-state index contributed by atoms with van der Waals surface area (Å²) in [6.07, 6.45) is 4.74. The minimum Gasteiger partial charge on any atom is -0.392 e. The van der Waals surface area contributed by atoms with Crippen LogP contribution >= 0.6 is 0 Å². The van der Waals surface area contributed by atoms with Gasteiger partial charge in [0.25, 0.3) is 0 Å². The van der Waals surface area contributed by atoms with Crippen LogP contribution in [0.1, 0.15) is 25.7 Å². The summed E-state index contributed by atoms with van der Waals surface area (Å²) in [5, 5.41) is 12.8. The van der Waals surface area contributed by atoms with Crippen molar-refractivity contribution < 1.29 is 5.11 Å². The lowest BCUT2D eigenvalue weighted by atomic mass is 9.79. The lowest BCUT2D eigenvalue weighted by Gasteiger charge is -2.38. The molecule has 0 amide bonds. The molecule has 0 aromatic heterocycles. The van der Waals surface area contributed by atoms with Crippen molar-refractivity contribution in [2.24, 2.45) is 5.92 Å². The van der Waals surface area contributed by atoms with Gasteiger partial charge in [-0.3, -0.25) is 0 Å². The largest absolute Gasteiger partial charge is 0.392 e. The molecule has 1 heterocycles. The minimum absolute atomic E-state index is 0.0588. The fourth-order valence-electron chi connectivity index (χ4n) is 2.20. The highest BCUT2D eigenvalue weighted by Gasteiger charge is 2.31. The summed E-state index contributed by atoms with van der Waals surface area (Å²) in [6.45, 7) is 1.12. The number of aliphatic hydroxyl groups is 1. The Morgan fingerprint density at radius 3 is 2.90 bits per heavy atom. The van der Waals surface area contributed by atoms with Gasteiger partial charge in [0.2, 0.25) is 0 Å². The zero-order chi connectivity index (χ0) is 6.97. The first-order valence-corrected chi connectivity index (χ1v) is 4.28. The summed E-state index contributed by atoms with van der Waals surface area (Å²) in [5.41, 5.74) is 0. The number of rotatable bonds is 0. The molecule has 2 fully saturated rings. The summed E-state index contributed by atoms with van der Waals surface area (Å²) in [7, 11) is 0. The van der Waals surface area contributed by atoms with E-state index in [1.54, 1.807) is 0 Å². The fourth-order valence-corrected chi connectivity index (χ4v) is 2.20. The van der Waals surface area contributed by atoms with Crippen molar-refractivity contribution in [1.82, 2.24) is 5.32 Å². The SMILES string of the molecule is O[C@@H]1CC[C@H]2CCN[C@H]1C2. The molecule has 10 heavy (non-hydrogen) atoms. The molecular weight excluding hydrogens is 126 g/mol. The molecule has 2 bridgehead atoms. The summed E-state index contributed by atoms with van der Waals surface area (Å²) in [5.74, 6) is 0.912. The maximum atomic E-state index is 9.46. The molecule has 0 aromatic carbocycles. The van der Waals surface area contributed by atoms with E-state index in [4.69, 9.17) is 0 Å². The number of piperidine rings is 1. The number of fused-ring (bicyclic) bond motifs is 2. The van der Waals surface area contributed by atoms with Gasteiger partial charge in [-0.1, -0.05) is 0 Å². The van der Waals surface area contributed by atoms with E-state index in [1.807, 2.05) is 0 Å². The average molecular weight is 141 g/mol. The minimum atomic E-state index is -0.0588. The van der Waals surface area contributed by atoms with Crippen LogP contribution in [0, 0.1) is 5.92 Å². The second-order valence-electron chi connectivity index (χ2n) is 3.60. The van der Waals surface area contributed by atoms with Crippen LogP contribution in [0.2, 0.25) is 0 Å². The molecule has 0 radical (unpaired) electrons. The quantitative estimate of drug-likeness (QED) is 0.515. The summed E-state index contributed by atoms with van der Waals surface area (Å²) in [6, 6.07) is 0.424. The van der Waals surface area contributed by atoms with Crippen LogP contribution in [-0.2, 0) is 0 Å². The third-order valence-electron chi connectivity index (χ3n) is 2.88. The Morgan fingerprint density at radius 2 is 2.10 bits per heavy atom. The molecule has 1 saturated heterocycles. The molecule has 1 aliphatic heterocycles. The van der Waals surface area contributed by atoms with Gasteiger partial charge in [0.15, 0.2) is 0 Å². The van der Waals surface area contributed by atoms with Crippen LogP contribution in [0.25, 0.3) is 0 Å². The Bertz CT molecular complexity index is 124.